The Morgan fingerprint density at radius 3 is 3.00 bits per heavy atom. The Labute approximate surface area is 81.8 Å². The van der Waals surface area contributed by atoms with Gasteiger partial charge < -0.3 is 5.32 Å². The van der Waals surface area contributed by atoms with Gasteiger partial charge in [0.1, 0.15) is 0 Å². The van der Waals surface area contributed by atoms with Crippen molar-refractivity contribution in [2.24, 2.45) is 5.92 Å². The first-order valence-electron chi connectivity index (χ1n) is 3.78. The Hall–Kier alpha value is -0.710. The number of halogens is 3. The number of fused-ring (bicyclic) bond motifs is 1. The van der Waals surface area contributed by atoms with Gasteiger partial charge in [-0.2, -0.15) is 8.78 Å². The Bertz CT molecular complexity index is 335. The van der Waals surface area contributed by atoms with Crippen molar-refractivity contribution in [2.45, 2.75) is 12.3 Å². The molecule has 2 nitrogen and oxygen atoms in total. The first-order chi connectivity index (χ1) is 6.01. The monoisotopic (exact) mass is 249 g/mol. The van der Waals surface area contributed by atoms with E-state index in [9.17, 15) is 13.6 Å². The summed E-state index contributed by atoms with van der Waals surface area (Å²) in [7, 11) is 0. The molecule has 1 aliphatic heterocycles. The standard InChI is InChI=1S/C8H6BrF2NO/c9-4-1-2-5-6(3-4)12-7(13)8(5,10)11/h1,3,5H,2H2,(H,12,13). The summed E-state index contributed by atoms with van der Waals surface area (Å²) in [5.74, 6) is -5.45. The van der Waals surface area contributed by atoms with E-state index in [1.54, 1.807) is 6.08 Å². The summed E-state index contributed by atoms with van der Waals surface area (Å²) in [6.07, 6.45) is 3.35. The van der Waals surface area contributed by atoms with Gasteiger partial charge >= 0.3 is 5.92 Å². The largest absolute Gasteiger partial charge is 0.333 e. The molecule has 5 heteroatoms. The fourth-order valence-corrected chi connectivity index (χ4v) is 1.94. The van der Waals surface area contributed by atoms with Crippen molar-refractivity contribution < 1.29 is 13.6 Å². The van der Waals surface area contributed by atoms with Crippen LogP contribution in [0.25, 0.3) is 0 Å². The van der Waals surface area contributed by atoms with Crippen LogP contribution < -0.4 is 5.32 Å². The number of amides is 1. The molecule has 13 heavy (non-hydrogen) atoms. The number of rotatable bonds is 0. The van der Waals surface area contributed by atoms with E-state index in [1.807, 2.05) is 0 Å². The van der Waals surface area contributed by atoms with Crippen molar-refractivity contribution in [2.75, 3.05) is 0 Å². The van der Waals surface area contributed by atoms with Gasteiger partial charge in [-0.3, -0.25) is 4.79 Å². The Morgan fingerprint density at radius 1 is 1.62 bits per heavy atom. The second kappa shape index (κ2) is 2.64. The van der Waals surface area contributed by atoms with E-state index in [0.717, 1.165) is 4.48 Å². The smallest absolute Gasteiger partial charge is 0.324 e. The molecule has 0 aromatic rings. The van der Waals surface area contributed by atoms with Crippen molar-refractivity contribution >= 4 is 21.8 Å². The minimum absolute atomic E-state index is 0.193. The topological polar surface area (TPSA) is 29.1 Å². The predicted molar refractivity (Wildman–Crippen MR) is 46.3 cm³/mol. The van der Waals surface area contributed by atoms with Crippen molar-refractivity contribution in [1.29, 1.82) is 0 Å². The van der Waals surface area contributed by atoms with Gasteiger partial charge in [-0.05, 0) is 12.5 Å². The molecule has 1 fully saturated rings. The van der Waals surface area contributed by atoms with Gasteiger partial charge in [0.15, 0.2) is 0 Å². The van der Waals surface area contributed by atoms with Gasteiger partial charge in [-0.15, -0.1) is 0 Å². The van der Waals surface area contributed by atoms with Crippen LogP contribution in [-0.4, -0.2) is 11.8 Å². The molecule has 0 radical (unpaired) electrons. The van der Waals surface area contributed by atoms with E-state index in [0.29, 0.717) is 5.70 Å². The van der Waals surface area contributed by atoms with Crippen LogP contribution >= 0.6 is 15.9 Å². The van der Waals surface area contributed by atoms with Crippen LogP contribution in [-0.2, 0) is 4.79 Å². The van der Waals surface area contributed by atoms with Crippen LogP contribution in [0.15, 0.2) is 22.3 Å². The number of carbonyl (C=O) groups excluding carboxylic acids is 1. The molecule has 1 aliphatic carbocycles. The van der Waals surface area contributed by atoms with Gasteiger partial charge in [0.2, 0.25) is 0 Å². The molecule has 0 spiro atoms. The zero-order valence-corrected chi connectivity index (χ0v) is 8.07. The second-order valence-electron chi connectivity index (χ2n) is 3.05. The van der Waals surface area contributed by atoms with E-state index in [4.69, 9.17) is 0 Å². The van der Waals surface area contributed by atoms with Gasteiger partial charge in [-0.1, -0.05) is 22.0 Å². The maximum absolute atomic E-state index is 13.1. The minimum Gasteiger partial charge on any atom is -0.324 e. The quantitative estimate of drug-likeness (QED) is 0.699. The highest BCUT2D eigenvalue weighted by molar-refractivity contribution is 9.11. The molecule has 0 aromatic carbocycles. The molecule has 1 unspecified atom stereocenters. The lowest BCUT2D eigenvalue weighted by atomic mass is 9.94. The van der Waals surface area contributed by atoms with Crippen molar-refractivity contribution in [1.82, 2.24) is 5.32 Å². The van der Waals surface area contributed by atoms with E-state index >= 15 is 0 Å². The molecule has 2 aliphatic rings. The third-order valence-corrected chi connectivity index (χ3v) is 2.77. The summed E-state index contributed by atoms with van der Waals surface area (Å²) in [6, 6.07) is 0. The van der Waals surface area contributed by atoms with Gasteiger partial charge in [0, 0.05) is 10.2 Å². The SMILES string of the molecule is O=C1NC2=CC(Br)=CCC2C1(F)F. The zero-order chi connectivity index (χ0) is 9.64. The fraction of sp³-hybridized carbons (Fsp3) is 0.375. The van der Waals surface area contributed by atoms with Crippen molar-refractivity contribution in [3.05, 3.63) is 22.3 Å². The van der Waals surface area contributed by atoms with E-state index in [-0.39, 0.29) is 6.42 Å². The summed E-state index contributed by atoms with van der Waals surface area (Å²) in [5, 5.41) is 2.18. The Balaban J connectivity index is 2.38. The third kappa shape index (κ3) is 1.22. The molecular formula is C8H6BrF2NO. The average Bonchev–Trinajstić information content (AvgIpc) is 2.23. The average molecular weight is 250 g/mol. The van der Waals surface area contributed by atoms with E-state index < -0.39 is 17.7 Å². The number of allylic oxidation sites excluding steroid dienone is 4. The van der Waals surface area contributed by atoms with Gasteiger partial charge in [-0.25, -0.2) is 0 Å². The molecule has 1 heterocycles. The summed E-state index contributed by atoms with van der Waals surface area (Å²) >= 11 is 3.17. The maximum Gasteiger partial charge on any atom is 0.333 e. The van der Waals surface area contributed by atoms with Crippen molar-refractivity contribution in [3.8, 4) is 0 Å². The Kier molecular flexibility index (Phi) is 1.80. The van der Waals surface area contributed by atoms with Gasteiger partial charge in [0.25, 0.3) is 5.91 Å². The molecule has 0 saturated carbocycles. The normalized spacial score (nSPS) is 30.4. The van der Waals surface area contributed by atoms with E-state index in [1.165, 1.54) is 6.08 Å². The van der Waals surface area contributed by atoms with Crippen LogP contribution in [0.5, 0.6) is 0 Å². The number of nitrogens with one attached hydrogen (secondary N) is 1. The lowest BCUT2D eigenvalue weighted by Gasteiger charge is -2.17. The lowest BCUT2D eigenvalue weighted by Crippen LogP contribution is -2.32. The third-order valence-electron chi connectivity index (χ3n) is 2.22. The summed E-state index contributed by atoms with van der Waals surface area (Å²) < 4.78 is 26.9. The van der Waals surface area contributed by atoms with Crippen LogP contribution in [0.4, 0.5) is 8.78 Å². The second-order valence-corrected chi connectivity index (χ2v) is 3.97. The highest BCUT2D eigenvalue weighted by Gasteiger charge is 2.54. The summed E-state index contributed by atoms with van der Waals surface area (Å²) in [5.41, 5.74) is 0.310. The molecule has 1 saturated heterocycles. The number of hydrogen-bond acceptors (Lipinski definition) is 1. The van der Waals surface area contributed by atoms with Crippen LogP contribution in [0, 0.1) is 5.92 Å². The maximum atomic E-state index is 13.1. The zero-order valence-electron chi connectivity index (χ0n) is 6.48. The number of alkyl halides is 2. The minimum atomic E-state index is -3.25. The molecule has 70 valence electrons. The molecule has 0 aromatic heterocycles. The molecule has 0 bridgehead atoms. The molecule has 1 amide bonds. The molecule has 1 N–H and O–H groups in total. The van der Waals surface area contributed by atoms with Crippen LogP contribution in [0.2, 0.25) is 0 Å². The van der Waals surface area contributed by atoms with Crippen LogP contribution in [0.3, 0.4) is 0 Å². The fourth-order valence-electron chi connectivity index (χ4n) is 1.50. The Morgan fingerprint density at radius 2 is 2.31 bits per heavy atom. The van der Waals surface area contributed by atoms with E-state index in [2.05, 4.69) is 21.2 Å². The number of carbonyl (C=O) groups is 1. The first-order valence-corrected chi connectivity index (χ1v) is 4.57. The predicted octanol–water partition coefficient (Wildman–Crippen LogP) is 1.93. The summed E-state index contributed by atoms with van der Waals surface area (Å²) in [4.78, 5) is 10.8. The molecule has 2 rings (SSSR count). The summed E-state index contributed by atoms with van der Waals surface area (Å²) in [6.45, 7) is 0. The highest BCUT2D eigenvalue weighted by atomic mass is 79.9. The van der Waals surface area contributed by atoms with Crippen molar-refractivity contribution in [3.63, 3.8) is 0 Å². The van der Waals surface area contributed by atoms with Gasteiger partial charge in [0.05, 0.1) is 5.92 Å². The highest BCUT2D eigenvalue weighted by Crippen LogP contribution is 2.41. The lowest BCUT2D eigenvalue weighted by molar-refractivity contribution is -0.144. The number of hydrogen-bond donors (Lipinski definition) is 1. The molecular weight excluding hydrogens is 244 g/mol. The molecule has 1 atom stereocenters. The van der Waals surface area contributed by atoms with Crippen LogP contribution in [0.1, 0.15) is 6.42 Å². The first kappa shape index (κ1) is 8.87.